The van der Waals surface area contributed by atoms with E-state index in [1.165, 1.54) is 7.05 Å². The topological polar surface area (TPSA) is 106 Å². The molecule has 0 radical (unpaired) electrons. The lowest BCUT2D eigenvalue weighted by molar-refractivity contribution is 0.237. The number of hydrogen-bond acceptors (Lipinski definition) is 5. The van der Waals surface area contributed by atoms with E-state index in [1.54, 1.807) is 18.2 Å². The maximum absolute atomic E-state index is 12.5. The van der Waals surface area contributed by atoms with Gasteiger partial charge in [0, 0.05) is 6.54 Å². The molecule has 1 atom stereocenters. The molecule has 0 aliphatic carbocycles. The van der Waals surface area contributed by atoms with Gasteiger partial charge in [-0.1, -0.05) is 44.2 Å². The van der Waals surface area contributed by atoms with Crippen molar-refractivity contribution in [2.45, 2.75) is 52.0 Å². The molecule has 2 rings (SSSR count). The third-order valence-electron chi connectivity index (χ3n) is 4.95. The average Bonchev–Trinajstić information content (AvgIpc) is 2.80. The van der Waals surface area contributed by atoms with Crippen LogP contribution >= 0.6 is 0 Å². The fraction of sp³-hybridized carbons (Fsp3) is 0.458. The van der Waals surface area contributed by atoms with Crippen molar-refractivity contribution < 1.29 is 22.7 Å². The third-order valence-corrected chi connectivity index (χ3v) is 6.27. The summed E-state index contributed by atoms with van der Waals surface area (Å²) in [5.74, 6) is 1.21. The number of sulfonamides is 1. The molecule has 0 aliphatic heterocycles. The first-order valence-electron chi connectivity index (χ1n) is 11.2. The molecule has 2 amide bonds. The molecule has 33 heavy (non-hydrogen) atoms. The van der Waals surface area contributed by atoms with Crippen molar-refractivity contribution in [3.63, 3.8) is 0 Å². The van der Waals surface area contributed by atoms with Gasteiger partial charge in [-0.15, -0.1) is 0 Å². The zero-order valence-corrected chi connectivity index (χ0v) is 20.6. The molecule has 9 heteroatoms. The molecule has 0 heterocycles. The highest BCUT2D eigenvalue weighted by atomic mass is 32.2. The molecule has 3 N–H and O–H groups in total. The van der Waals surface area contributed by atoms with E-state index in [0.29, 0.717) is 30.3 Å². The van der Waals surface area contributed by atoms with Crippen LogP contribution in [-0.2, 0) is 22.3 Å². The summed E-state index contributed by atoms with van der Waals surface area (Å²) in [6, 6.07) is 12.2. The van der Waals surface area contributed by atoms with Gasteiger partial charge in [0.15, 0.2) is 11.5 Å². The fourth-order valence-electron chi connectivity index (χ4n) is 3.10. The van der Waals surface area contributed by atoms with E-state index in [9.17, 15) is 13.2 Å². The second kappa shape index (κ2) is 13.1. The quantitative estimate of drug-likeness (QED) is 0.406. The van der Waals surface area contributed by atoms with Crippen LogP contribution < -0.4 is 24.8 Å². The summed E-state index contributed by atoms with van der Waals surface area (Å²) in [5, 5.41) is 5.73. The van der Waals surface area contributed by atoms with Crippen molar-refractivity contribution >= 4 is 16.1 Å². The van der Waals surface area contributed by atoms with Gasteiger partial charge in [0.05, 0.1) is 25.0 Å². The van der Waals surface area contributed by atoms with E-state index in [-0.39, 0.29) is 24.4 Å². The van der Waals surface area contributed by atoms with Gasteiger partial charge < -0.3 is 20.1 Å². The van der Waals surface area contributed by atoms with Gasteiger partial charge in [-0.2, -0.15) is 0 Å². The predicted molar refractivity (Wildman–Crippen MR) is 130 cm³/mol. The van der Waals surface area contributed by atoms with E-state index in [1.807, 2.05) is 45.0 Å². The van der Waals surface area contributed by atoms with Crippen LogP contribution in [0.15, 0.2) is 42.5 Å². The predicted octanol–water partition coefficient (Wildman–Crippen LogP) is 3.87. The molecule has 0 saturated carbocycles. The Morgan fingerprint density at radius 3 is 2.24 bits per heavy atom. The summed E-state index contributed by atoms with van der Waals surface area (Å²) < 4.78 is 37.7. The molecular weight excluding hydrogens is 442 g/mol. The molecule has 2 aromatic rings. The summed E-state index contributed by atoms with van der Waals surface area (Å²) in [5.41, 5.74) is 2.27. The molecule has 0 unspecified atom stereocenters. The van der Waals surface area contributed by atoms with E-state index < -0.39 is 10.0 Å². The number of ether oxygens (including phenoxy) is 2. The van der Waals surface area contributed by atoms with Crippen LogP contribution in [0.3, 0.4) is 0 Å². The van der Waals surface area contributed by atoms with Crippen molar-refractivity contribution in [3.05, 3.63) is 59.2 Å². The lowest BCUT2D eigenvalue weighted by Gasteiger charge is -2.18. The molecule has 0 aromatic heterocycles. The van der Waals surface area contributed by atoms with Gasteiger partial charge in [-0.25, -0.2) is 17.9 Å². The summed E-state index contributed by atoms with van der Waals surface area (Å²) >= 11 is 0. The lowest BCUT2D eigenvalue weighted by Crippen LogP contribution is -2.36. The van der Waals surface area contributed by atoms with Crippen LogP contribution in [0.5, 0.6) is 11.5 Å². The number of nitrogens with one attached hydrogen (secondary N) is 3. The minimum Gasteiger partial charge on any atom is -0.490 e. The van der Waals surface area contributed by atoms with E-state index in [2.05, 4.69) is 15.4 Å². The van der Waals surface area contributed by atoms with Gasteiger partial charge in [-0.3, -0.25) is 0 Å². The molecular formula is C24H35N3O5S. The highest BCUT2D eigenvalue weighted by Crippen LogP contribution is 2.31. The van der Waals surface area contributed by atoms with Crippen LogP contribution in [0.2, 0.25) is 0 Å². The van der Waals surface area contributed by atoms with Crippen molar-refractivity contribution in [2.75, 3.05) is 20.3 Å². The minimum atomic E-state index is -3.41. The Morgan fingerprint density at radius 1 is 0.970 bits per heavy atom. The van der Waals surface area contributed by atoms with Gasteiger partial charge in [0.1, 0.15) is 0 Å². The maximum Gasteiger partial charge on any atom is 0.315 e. The lowest BCUT2D eigenvalue weighted by atomic mass is 10.1. The van der Waals surface area contributed by atoms with E-state index in [4.69, 9.17) is 9.47 Å². The largest absolute Gasteiger partial charge is 0.490 e. The van der Waals surface area contributed by atoms with Crippen LogP contribution in [0.1, 0.15) is 56.3 Å². The Morgan fingerprint density at radius 2 is 1.61 bits per heavy atom. The van der Waals surface area contributed by atoms with Crippen LogP contribution in [0, 0.1) is 0 Å². The molecule has 0 fully saturated rings. The summed E-state index contributed by atoms with van der Waals surface area (Å²) in [6.07, 6.45) is 1.78. The van der Waals surface area contributed by atoms with Gasteiger partial charge in [-0.05, 0) is 55.6 Å². The number of urea groups is 1. The number of hydrogen-bond donors (Lipinski definition) is 3. The van der Waals surface area contributed by atoms with E-state index >= 15 is 0 Å². The Labute approximate surface area is 197 Å². The van der Waals surface area contributed by atoms with Crippen molar-refractivity contribution in [1.82, 2.24) is 15.4 Å². The zero-order valence-electron chi connectivity index (χ0n) is 19.8. The Bertz CT molecular complexity index is 1010. The maximum atomic E-state index is 12.5. The Hall–Kier alpha value is -2.78. The number of benzene rings is 2. The normalized spacial score (nSPS) is 12.1. The SMILES string of the molecule is CCCOc1ccc([C@@H](C)NC(=O)NCc2ccccc2CS(=O)(=O)NC)cc1OCCC. The highest BCUT2D eigenvalue weighted by Gasteiger charge is 2.15. The van der Waals surface area contributed by atoms with Crippen LogP contribution in [0.25, 0.3) is 0 Å². The second-order valence-corrected chi connectivity index (χ2v) is 9.61. The number of amides is 2. The van der Waals surface area contributed by atoms with Crippen LogP contribution in [0.4, 0.5) is 4.79 Å². The van der Waals surface area contributed by atoms with Crippen LogP contribution in [-0.4, -0.2) is 34.7 Å². The summed E-state index contributed by atoms with van der Waals surface area (Å²) in [6.45, 7) is 7.37. The van der Waals surface area contributed by atoms with Crippen molar-refractivity contribution in [2.24, 2.45) is 0 Å². The number of rotatable bonds is 13. The summed E-state index contributed by atoms with van der Waals surface area (Å²) in [7, 11) is -2.03. The van der Waals surface area contributed by atoms with Gasteiger partial charge in [0.25, 0.3) is 0 Å². The zero-order chi connectivity index (χ0) is 24.3. The average molecular weight is 478 g/mol. The molecule has 8 nitrogen and oxygen atoms in total. The standard InChI is InChI=1S/C24H35N3O5S/c1-5-13-31-22-12-11-19(15-23(22)32-14-6-2)18(3)27-24(28)26-16-20-9-7-8-10-21(20)17-33(29,30)25-4/h7-12,15,18,25H,5-6,13-14,16-17H2,1-4H3,(H2,26,27,28)/t18-/m1/s1. The first-order chi connectivity index (χ1) is 15.8. The molecule has 0 spiro atoms. The molecule has 0 bridgehead atoms. The Balaban J connectivity index is 2.02. The first kappa shape index (κ1) is 26.5. The molecule has 2 aromatic carbocycles. The molecule has 182 valence electrons. The van der Waals surface area contributed by atoms with Gasteiger partial charge in [0.2, 0.25) is 10.0 Å². The van der Waals surface area contributed by atoms with E-state index in [0.717, 1.165) is 24.0 Å². The fourth-order valence-corrected chi connectivity index (χ4v) is 3.94. The molecule has 0 aliphatic rings. The first-order valence-corrected chi connectivity index (χ1v) is 12.9. The number of carbonyl (C=O) groups excluding carboxylic acids is 1. The minimum absolute atomic E-state index is 0.146. The third kappa shape index (κ3) is 8.58. The highest BCUT2D eigenvalue weighted by molar-refractivity contribution is 7.88. The number of carbonyl (C=O) groups is 1. The smallest absolute Gasteiger partial charge is 0.315 e. The van der Waals surface area contributed by atoms with Gasteiger partial charge >= 0.3 is 6.03 Å². The Kier molecular flexibility index (Phi) is 10.5. The molecule has 0 saturated heterocycles. The monoisotopic (exact) mass is 477 g/mol. The van der Waals surface area contributed by atoms with Crippen molar-refractivity contribution in [3.8, 4) is 11.5 Å². The second-order valence-electron chi connectivity index (χ2n) is 7.68. The summed E-state index contributed by atoms with van der Waals surface area (Å²) in [4.78, 5) is 12.5. The van der Waals surface area contributed by atoms with Crippen molar-refractivity contribution in [1.29, 1.82) is 0 Å².